The molecule has 1 aliphatic carbocycles. The minimum Gasteiger partial charge on any atom is -0.450 e. The zero-order chi connectivity index (χ0) is 15.8. The molecule has 0 heterocycles. The van der Waals surface area contributed by atoms with E-state index in [-0.39, 0.29) is 11.3 Å². The third kappa shape index (κ3) is 5.64. The van der Waals surface area contributed by atoms with Crippen LogP contribution >= 0.6 is 0 Å². The van der Waals surface area contributed by atoms with Gasteiger partial charge in [-0.25, -0.2) is 4.79 Å². The summed E-state index contributed by atoms with van der Waals surface area (Å²) in [5.74, 6) is 0. The van der Waals surface area contributed by atoms with E-state index in [0.717, 1.165) is 5.69 Å². The van der Waals surface area contributed by atoms with E-state index in [0.29, 0.717) is 11.4 Å². The number of nitrogens with zero attached hydrogens (tertiary/aromatic N) is 1. The summed E-state index contributed by atoms with van der Waals surface area (Å²) < 4.78 is 0. The Bertz CT molecular complexity index is 564. The van der Waals surface area contributed by atoms with E-state index in [9.17, 15) is 10.1 Å². The Morgan fingerprint density at radius 3 is 2.38 bits per heavy atom. The number of anilines is 1. The number of carbonyl (C=O) groups is 1. The number of hydrogen-bond donors (Lipinski definition) is 4. The molecular formula is C13H15N3O5. The molecule has 0 spiro atoms. The maximum Gasteiger partial charge on any atom is 0.503 e. The van der Waals surface area contributed by atoms with Crippen LogP contribution in [0.4, 0.5) is 10.5 Å². The summed E-state index contributed by atoms with van der Waals surface area (Å²) in [7, 11) is 0. The van der Waals surface area contributed by atoms with Gasteiger partial charge in [0.05, 0.1) is 12.1 Å². The molecule has 1 aromatic rings. The van der Waals surface area contributed by atoms with Crippen molar-refractivity contribution in [1.82, 2.24) is 0 Å². The van der Waals surface area contributed by atoms with Crippen LogP contribution in [0.5, 0.6) is 0 Å². The molecule has 1 aliphatic rings. The average molecular weight is 293 g/mol. The maximum absolute atomic E-state index is 10.9. The van der Waals surface area contributed by atoms with Gasteiger partial charge in [0.1, 0.15) is 0 Å². The number of carboxylic acid groups (broad SMARTS) is 2. The highest BCUT2D eigenvalue weighted by atomic mass is 16.6. The molecule has 0 aromatic heterocycles. The molecule has 0 bridgehead atoms. The highest BCUT2D eigenvalue weighted by Crippen LogP contribution is 2.21. The number of nitrogens with one attached hydrogen (secondary N) is 1. The van der Waals surface area contributed by atoms with Crippen molar-refractivity contribution in [3.63, 3.8) is 0 Å². The Labute approximate surface area is 120 Å². The van der Waals surface area contributed by atoms with Crippen LogP contribution in [0.15, 0.2) is 53.9 Å². The standard InChI is InChI=1S/C12H13N3O2.CH2O3/c13-9-6-7-11(12(8-9)15(16)17)14-10-4-2-1-3-5-10;2-1(3)4/h1-7,12,14H,8,13H2;(H2,2,3,4). The lowest BCUT2D eigenvalue weighted by atomic mass is 10.0. The normalized spacial score (nSPS) is 16.7. The number of allylic oxidation sites excluding steroid dienone is 2. The summed E-state index contributed by atoms with van der Waals surface area (Å²) >= 11 is 0. The second kappa shape index (κ2) is 7.53. The molecule has 0 saturated heterocycles. The van der Waals surface area contributed by atoms with Crippen molar-refractivity contribution in [1.29, 1.82) is 0 Å². The van der Waals surface area contributed by atoms with Crippen molar-refractivity contribution in [2.24, 2.45) is 5.73 Å². The van der Waals surface area contributed by atoms with Crippen LogP contribution in [-0.2, 0) is 0 Å². The molecule has 0 radical (unpaired) electrons. The molecule has 5 N–H and O–H groups in total. The van der Waals surface area contributed by atoms with Gasteiger partial charge in [-0.1, -0.05) is 18.2 Å². The molecule has 21 heavy (non-hydrogen) atoms. The maximum atomic E-state index is 10.9. The van der Waals surface area contributed by atoms with Gasteiger partial charge in [-0.05, 0) is 24.3 Å². The SMILES string of the molecule is NC1=CC=C(Nc2ccccc2)C([N+](=O)[O-])C1.O=C(O)O. The van der Waals surface area contributed by atoms with Crippen molar-refractivity contribution >= 4 is 11.8 Å². The van der Waals surface area contributed by atoms with Crippen LogP contribution in [0.2, 0.25) is 0 Å². The van der Waals surface area contributed by atoms with Gasteiger partial charge in [0.25, 0.3) is 6.04 Å². The minimum atomic E-state index is -1.83. The molecule has 112 valence electrons. The Balaban J connectivity index is 0.000000491. The fraction of sp³-hybridized carbons (Fsp3) is 0.154. The van der Waals surface area contributed by atoms with Crippen molar-refractivity contribution < 1.29 is 19.9 Å². The number of rotatable bonds is 3. The van der Waals surface area contributed by atoms with Crippen LogP contribution < -0.4 is 11.1 Å². The molecule has 8 heteroatoms. The first-order valence-electron chi connectivity index (χ1n) is 5.94. The molecule has 2 rings (SSSR count). The Kier molecular flexibility index (Phi) is 5.75. The van der Waals surface area contributed by atoms with E-state index in [1.165, 1.54) is 0 Å². The number of nitrogens with two attached hydrogens (primary N) is 1. The molecule has 8 nitrogen and oxygen atoms in total. The Hall–Kier alpha value is -3.03. The summed E-state index contributed by atoms with van der Waals surface area (Å²) in [6.07, 6.45) is 1.78. The van der Waals surface area contributed by atoms with Gasteiger partial charge < -0.3 is 21.3 Å². The van der Waals surface area contributed by atoms with Crippen molar-refractivity contribution in [3.8, 4) is 0 Å². The van der Waals surface area contributed by atoms with Gasteiger partial charge in [0.15, 0.2) is 0 Å². The lowest BCUT2D eigenvalue weighted by Gasteiger charge is -2.18. The summed E-state index contributed by atoms with van der Waals surface area (Å²) in [4.78, 5) is 19.2. The van der Waals surface area contributed by atoms with Gasteiger partial charge in [-0.2, -0.15) is 0 Å². The van der Waals surface area contributed by atoms with E-state index in [1.807, 2.05) is 30.3 Å². The van der Waals surface area contributed by atoms with Crippen LogP contribution in [0.25, 0.3) is 0 Å². The Morgan fingerprint density at radius 2 is 1.86 bits per heavy atom. The highest BCUT2D eigenvalue weighted by Gasteiger charge is 2.28. The molecule has 0 saturated carbocycles. The van der Waals surface area contributed by atoms with Gasteiger partial charge in [0, 0.05) is 16.3 Å². The third-order valence-corrected chi connectivity index (χ3v) is 2.58. The fourth-order valence-corrected chi connectivity index (χ4v) is 1.71. The van der Waals surface area contributed by atoms with E-state index in [1.54, 1.807) is 12.2 Å². The second-order valence-electron chi connectivity index (χ2n) is 4.14. The fourth-order valence-electron chi connectivity index (χ4n) is 1.71. The topological polar surface area (TPSA) is 139 Å². The molecule has 0 amide bonds. The summed E-state index contributed by atoms with van der Waals surface area (Å²) in [6.45, 7) is 0. The first-order chi connectivity index (χ1) is 9.90. The molecule has 0 fully saturated rings. The molecule has 1 aromatic carbocycles. The summed E-state index contributed by atoms with van der Waals surface area (Å²) in [6, 6.07) is 8.57. The summed E-state index contributed by atoms with van der Waals surface area (Å²) in [5, 5.41) is 27.9. The average Bonchev–Trinajstić information content (AvgIpc) is 2.41. The first kappa shape index (κ1) is 16.0. The third-order valence-electron chi connectivity index (χ3n) is 2.58. The predicted molar refractivity (Wildman–Crippen MR) is 76.5 cm³/mol. The number of benzene rings is 1. The van der Waals surface area contributed by atoms with Gasteiger partial charge in [0.2, 0.25) is 0 Å². The molecule has 0 aliphatic heterocycles. The lowest BCUT2D eigenvalue weighted by molar-refractivity contribution is -0.511. The zero-order valence-electron chi connectivity index (χ0n) is 11.0. The van der Waals surface area contributed by atoms with Gasteiger partial charge in [-0.3, -0.25) is 10.1 Å². The van der Waals surface area contributed by atoms with Crippen LogP contribution in [0.1, 0.15) is 6.42 Å². The summed E-state index contributed by atoms with van der Waals surface area (Å²) in [5.41, 5.74) is 7.53. The van der Waals surface area contributed by atoms with Gasteiger partial charge in [-0.15, -0.1) is 0 Å². The van der Waals surface area contributed by atoms with Crippen molar-refractivity contribution in [3.05, 3.63) is 64.0 Å². The predicted octanol–water partition coefficient (Wildman–Crippen LogP) is 2.10. The lowest BCUT2D eigenvalue weighted by Crippen LogP contribution is -2.30. The Morgan fingerprint density at radius 1 is 1.29 bits per heavy atom. The highest BCUT2D eigenvalue weighted by molar-refractivity contribution is 5.53. The number of hydrogen-bond acceptors (Lipinski definition) is 5. The zero-order valence-corrected chi connectivity index (χ0v) is 11.0. The second-order valence-corrected chi connectivity index (χ2v) is 4.14. The quantitative estimate of drug-likeness (QED) is 0.494. The largest absolute Gasteiger partial charge is 0.503 e. The smallest absolute Gasteiger partial charge is 0.450 e. The van der Waals surface area contributed by atoms with Crippen molar-refractivity contribution in [2.45, 2.75) is 12.5 Å². The number of para-hydroxylation sites is 1. The first-order valence-corrected chi connectivity index (χ1v) is 5.94. The molecule has 1 unspecified atom stereocenters. The molecular weight excluding hydrogens is 278 g/mol. The van der Waals surface area contributed by atoms with Crippen molar-refractivity contribution in [2.75, 3.05) is 5.32 Å². The van der Waals surface area contributed by atoms with E-state index < -0.39 is 12.2 Å². The number of nitro groups is 1. The van der Waals surface area contributed by atoms with Crippen LogP contribution in [-0.4, -0.2) is 27.3 Å². The van der Waals surface area contributed by atoms with Crippen LogP contribution in [0.3, 0.4) is 0 Å². The van der Waals surface area contributed by atoms with Gasteiger partial charge >= 0.3 is 6.16 Å². The molecule has 1 atom stereocenters. The monoisotopic (exact) mass is 293 g/mol. The van der Waals surface area contributed by atoms with E-state index in [2.05, 4.69) is 5.32 Å². The van der Waals surface area contributed by atoms with Crippen LogP contribution in [0, 0.1) is 10.1 Å². The van der Waals surface area contributed by atoms with E-state index in [4.69, 9.17) is 20.7 Å². The minimum absolute atomic E-state index is 0.249. The van der Waals surface area contributed by atoms with E-state index >= 15 is 0 Å².